The van der Waals surface area contributed by atoms with Crippen molar-refractivity contribution >= 4 is 28.3 Å². The zero-order valence-electron chi connectivity index (χ0n) is 18.9. The average molecular weight is 466 g/mol. The second kappa shape index (κ2) is 10.1. The van der Waals surface area contributed by atoms with E-state index in [1.54, 1.807) is 7.11 Å². The molecule has 8 heteroatoms. The van der Waals surface area contributed by atoms with Crippen LogP contribution in [0.15, 0.2) is 73.1 Å². The van der Waals surface area contributed by atoms with Crippen molar-refractivity contribution in [1.82, 2.24) is 15.3 Å². The van der Waals surface area contributed by atoms with Gasteiger partial charge in [-0.3, -0.25) is 4.79 Å². The SMILES string of the molecule is COc1cc(Nc2ncnc3ccc(C#CC4CNC(=O)CO4)cc23)ccc1Oc1ccccc1. The van der Waals surface area contributed by atoms with E-state index in [1.807, 2.05) is 66.7 Å². The highest BCUT2D eigenvalue weighted by atomic mass is 16.5. The van der Waals surface area contributed by atoms with Gasteiger partial charge in [-0.25, -0.2) is 9.97 Å². The van der Waals surface area contributed by atoms with Gasteiger partial charge in [-0.2, -0.15) is 0 Å². The molecule has 1 atom stereocenters. The number of carbonyl (C=O) groups is 1. The zero-order valence-corrected chi connectivity index (χ0v) is 18.9. The summed E-state index contributed by atoms with van der Waals surface area (Å²) < 4.78 is 16.9. The molecule has 2 N–H and O–H groups in total. The minimum absolute atomic E-state index is 0.0254. The number of nitrogens with one attached hydrogen (secondary N) is 2. The number of benzene rings is 3. The molecule has 2 heterocycles. The fourth-order valence-corrected chi connectivity index (χ4v) is 3.57. The van der Waals surface area contributed by atoms with Gasteiger partial charge in [0.1, 0.15) is 30.6 Å². The largest absolute Gasteiger partial charge is 0.493 e. The molecule has 0 radical (unpaired) electrons. The first-order chi connectivity index (χ1) is 17.2. The second-order valence-electron chi connectivity index (χ2n) is 7.73. The molecule has 0 spiro atoms. The molecule has 8 nitrogen and oxygen atoms in total. The van der Waals surface area contributed by atoms with Crippen molar-refractivity contribution in [2.45, 2.75) is 6.10 Å². The summed E-state index contributed by atoms with van der Waals surface area (Å²) >= 11 is 0. The van der Waals surface area contributed by atoms with Crippen LogP contribution in [0.2, 0.25) is 0 Å². The smallest absolute Gasteiger partial charge is 0.246 e. The number of methoxy groups -OCH3 is 1. The number of morpholine rings is 1. The van der Waals surface area contributed by atoms with E-state index in [0.29, 0.717) is 23.9 Å². The molecule has 0 aliphatic carbocycles. The Balaban J connectivity index is 1.39. The average Bonchev–Trinajstić information content (AvgIpc) is 2.90. The molecular formula is C27H22N4O4. The number of rotatable bonds is 5. The van der Waals surface area contributed by atoms with Gasteiger partial charge in [0.2, 0.25) is 5.91 Å². The van der Waals surface area contributed by atoms with Gasteiger partial charge >= 0.3 is 0 Å². The number of para-hydroxylation sites is 1. The topological polar surface area (TPSA) is 94.6 Å². The third kappa shape index (κ3) is 5.32. The van der Waals surface area contributed by atoms with Gasteiger partial charge in [0.05, 0.1) is 19.2 Å². The van der Waals surface area contributed by atoms with E-state index in [9.17, 15) is 4.79 Å². The lowest BCUT2D eigenvalue weighted by molar-refractivity contribution is -0.131. The maximum Gasteiger partial charge on any atom is 0.246 e. The molecule has 1 aromatic heterocycles. The van der Waals surface area contributed by atoms with Crippen LogP contribution in [0.25, 0.3) is 10.9 Å². The van der Waals surface area contributed by atoms with Crippen LogP contribution in [0.3, 0.4) is 0 Å². The highest BCUT2D eigenvalue weighted by Gasteiger charge is 2.16. The molecule has 1 aliphatic rings. The highest BCUT2D eigenvalue weighted by Crippen LogP contribution is 2.35. The van der Waals surface area contributed by atoms with Gasteiger partial charge in [0, 0.05) is 22.7 Å². The summed E-state index contributed by atoms with van der Waals surface area (Å²) in [4.78, 5) is 20.0. The summed E-state index contributed by atoms with van der Waals surface area (Å²) in [6.07, 6.45) is 1.18. The van der Waals surface area contributed by atoms with Gasteiger partial charge in [0.25, 0.3) is 0 Å². The third-order valence-electron chi connectivity index (χ3n) is 5.31. The van der Waals surface area contributed by atoms with E-state index >= 15 is 0 Å². The van der Waals surface area contributed by atoms with E-state index in [1.165, 1.54) is 6.33 Å². The second-order valence-corrected chi connectivity index (χ2v) is 7.73. The summed E-state index contributed by atoms with van der Waals surface area (Å²) in [5.41, 5.74) is 2.36. The van der Waals surface area contributed by atoms with Crippen molar-refractivity contribution in [2.75, 3.05) is 25.6 Å². The molecule has 5 rings (SSSR count). The molecular weight excluding hydrogens is 444 g/mol. The number of hydrogen-bond acceptors (Lipinski definition) is 7. The van der Waals surface area contributed by atoms with Crippen molar-refractivity contribution in [3.8, 4) is 29.1 Å². The Hall–Kier alpha value is -4.61. The first-order valence-electron chi connectivity index (χ1n) is 11.0. The fraction of sp³-hybridized carbons (Fsp3) is 0.148. The number of aromatic nitrogens is 2. The van der Waals surface area contributed by atoms with E-state index < -0.39 is 0 Å². The Morgan fingerprint density at radius 2 is 1.94 bits per heavy atom. The summed E-state index contributed by atoms with van der Waals surface area (Å²) in [6.45, 7) is 0.402. The van der Waals surface area contributed by atoms with Gasteiger partial charge < -0.3 is 24.8 Å². The Morgan fingerprint density at radius 3 is 2.74 bits per heavy atom. The molecule has 1 amide bonds. The Kier molecular flexibility index (Phi) is 6.42. The standard InChI is InChI=1S/C27H22N4O4/c1-33-25-14-19(9-12-24(25)35-20-5-3-2-4-6-20)31-27-22-13-18(8-11-23(22)29-17-30-27)7-10-21-15-28-26(32)16-34-21/h2-6,8-9,11-14,17,21H,15-16H2,1H3,(H,28,32)(H,29,30,31). The first-order valence-corrected chi connectivity index (χ1v) is 11.0. The highest BCUT2D eigenvalue weighted by molar-refractivity contribution is 5.91. The quantitative estimate of drug-likeness (QED) is 0.429. The lowest BCUT2D eigenvalue weighted by atomic mass is 10.1. The Labute approximate surface area is 202 Å². The summed E-state index contributed by atoms with van der Waals surface area (Å²) in [6, 6.07) is 20.8. The van der Waals surface area contributed by atoms with Gasteiger partial charge in [-0.15, -0.1) is 0 Å². The molecule has 1 fully saturated rings. The molecule has 3 aromatic carbocycles. The van der Waals surface area contributed by atoms with E-state index in [-0.39, 0.29) is 18.6 Å². The van der Waals surface area contributed by atoms with Crippen molar-refractivity contribution in [2.24, 2.45) is 0 Å². The normalized spacial score (nSPS) is 15.0. The van der Waals surface area contributed by atoms with E-state index in [4.69, 9.17) is 14.2 Å². The fourth-order valence-electron chi connectivity index (χ4n) is 3.57. The maximum atomic E-state index is 11.2. The van der Waals surface area contributed by atoms with E-state index in [2.05, 4.69) is 32.4 Å². The monoisotopic (exact) mass is 466 g/mol. The van der Waals surface area contributed by atoms with Crippen LogP contribution in [0, 0.1) is 11.8 Å². The van der Waals surface area contributed by atoms with Crippen LogP contribution < -0.4 is 20.1 Å². The summed E-state index contributed by atoms with van der Waals surface area (Å²) in [5.74, 6) is 8.60. The predicted molar refractivity (Wildman–Crippen MR) is 132 cm³/mol. The van der Waals surface area contributed by atoms with Crippen LogP contribution in [0.4, 0.5) is 11.5 Å². The molecule has 0 saturated carbocycles. The molecule has 4 aromatic rings. The predicted octanol–water partition coefficient (Wildman–Crippen LogP) is 4.04. The van der Waals surface area contributed by atoms with Crippen molar-refractivity contribution in [1.29, 1.82) is 0 Å². The van der Waals surface area contributed by atoms with Crippen LogP contribution in [-0.2, 0) is 9.53 Å². The lowest BCUT2D eigenvalue weighted by Crippen LogP contribution is -2.42. The van der Waals surface area contributed by atoms with Crippen LogP contribution >= 0.6 is 0 Å². The zero-order chi connectivity index (χ0) is 24.0. The van der Waals surface area contributed by atoms with Crippen LogP contribution in [0.1, 0.15) is 5.56 Å². The van der Waals surface area contributed by atoms with Crippen molar-refractivity contribution in [3.63, 3.8) is 0 Å². The van der Waals surface area contributed by atoms with Crippen LogP contribution in [0.5, 0.6) is 17.2 Å². The summed E-state index contributed by atoms with van der Waals surface area (Å²) in [7, 11) is 1.60. The molecule has 35 heavy (non-hydrogen) atoms. The number of anilines is 2. The maximum absolute atomic E-state index is 11.2. The van der Waals surface area contributed by atoms with Crippen LogP contribution in [-0.4, -0.2) is 42.2 Å². The van der Waals surface area contributed by atoms with Crippen molar-refractivity contribution in [3.05, 3.63) is 78.6 Å². The van der Waals surface area contributed by atoms with Crippen molar-refractivity contribution < 1.29 is 19.0 Å². The minimum Gasteiger partial charge on any atom is -0.493 e. The number of nitrogens with zero attached hydrogens (tertiary/aromatic N) is 2. The number of ether oxygens (including phenoxy) is 3. The molecule has 1 aliphatic heterocycles. The molecule has 174 valence electrons. The Bertz CT molecular complexity index is 1420. The van der Waals surface area contributed by atoms with E-state index in [0.717, 1.165) is 27.9 Å². The molecule has 1 unspecified atom stereocenters. The third-order valence-corrected chi connectivity index (χ3v) is 5.31. The molecule has 0 bridgehead atoms. The van der Waals surface area contributed by atoms with Gasteiger partial charge in [-0.05, 0) is 42.5 Å². The van der Waals surface area contributed by atoms with Gasteiger partial charge in [0.15, 0.2) is 11.5 Å². The number of amides is 1. The number of fused-ring (bicyclic) bond motifs is 1. The number of hydrogen-bond donors (Lipinski definition) is 2. The minimum atomic E-state index is -0.336. The Morgan fingerprint density at radius 1 is 1.06 bits per heavy atom. The molecule has 1 saturated heterocycles. The first kappa shape index (κ1) is 22.2. The lowest BCUT2D eigenvalue weighted by Gasteiger charge is -2.18. The van der Waals surface area contributed by atoms with Gasteiger partial charge in [-0.1, -0.05) is 30.0 Å². The summed E-state index contributed by atoms with van der Waals surface area (Å²) in [5, 5.41) is 6.91. The number of carbonyl (C=O) groups excluding carboxylic acids is 1.